The van der Waals surface area contributed by atoms with E-state index in [1.165, 1.54) is 35.9 Å². The zero-order valence-electron chi connectivity index (χ0n) is 16.9. The number of aromatic hydroxyl groups is 1. The molecule has 4 rings (SSSR count). The van der Waals surface area contributed by atoms with E-state index in [-0.39, 0.29) is 23.7 Å². The Morgan fingerprint density at radius 3 is 2.75 bits per heavy atom. The summed E-state index contributed by atoms with van der Waals surface area (Å²) in [5.41, 5.74) is 1.64. The smallest absolute Gasteiger partial charge is 0.348 e. The van der Waals surface area contributed by atoms with Crippen LogP contribution in [0.15, 0.2) is 54.9 Å². The highest BCUT2D eigenvalue weighted by atomic mass is 32.1. The molecule has 9 nitrogen and oxygen atoms in total. The largest absolute Gasteiger partial charge is 0.506 e. The van der Waals surface area contributed by atoms with E-state index in [1.807, 2.05) is 30.3 Å². The van der Waals surface area contributed by atoms with Crippen molar-refractivity contribution in [3.63, 3.8) is 0 Å². The lowest BCUT2D eigenvalue weighted by Crippen LogP contribution is -2.07. The zero-order valence-corrected chi connectivity index (χ0v) is 17.8. The topological polar surface area (TPSA) is 127 Å². The van der Waals surface area contributed by atoms with E-state index in [9.17, 15) is 20.0 Å². The van der Waals surface area contributed by atoms with Crippen molar-refractivity contribution in [1.29, 1.82) is 0 Å². The number of phenols is 1. The lowest BCUT2D eigenvalue weighted by Gasteiger charge is -2.09. The quantitative estimate of drug-likeness (QED) is 0.179. The number of carbonyl (C=O) groups excluding carboxylic acids is 1. The first-order chi connectivity index (χ1) is 15.4. The van der Waals surface area contributed by atoms with Gasteiger partial charge < -0.3 is 15.2 Å². The molecule has 0 unspecified atom stereocenters. The first-order valence-corrected chi connectivity index (χ1v) is 10.4. The number of rotatable bonds is 7. The molecule has 32 heavy (non-hydrogen) atoms. The number of hydrogen-bond donors (Lipinski definition) is 2. The molecule has 0 radical (unpaired) electrons. The third-order valence-electron chi connectivity index (χ3n) is 4.82. The van der Waals surface area contributed by atoms with Gasteiger partial charge in [-0.05, 0) is 24.1 Å². The fourth-order valence-electron chi connectivity index (χ4n) is 3.20. The molecule has 10 heteroatoms. The van der Waals surface area contributed by atoms with E-state index in [0.29, 0.717) is 32.9 Å². The van der Waals surface area contributed by atoms with Crippen LogP contribution in [-0.4, -0.2) is 32.6 Å². The molecule has 0 bridgehead atoms. The SMILES string of the molecule is Cc1c(C(=O)OCCc2ccccc2)sc2ncnc(Nc3cc([N+](=O)[O-])ccc3O)c12. The maximum Gasteiger partial charge on any atom is 0.348 e. The number of aromatic nitrogens is 2. The number of thiophene rings is 1. The molecular formula is C22H18N4O5S. The van der Waals surface area contributed by atoms with Crippen LogP contribution in [0.25, 0.3) is 10.2 Å². The number of aryl methyl sites for hydroxylation is 1. The number of nitro benzene ring substituents is 1. The second-order valence-electron chi connectivity index (χ2n) is 6.91. The van der Waals surface area contributed by atoms with E-state index in [4.69, 9.17) is 4.74 Å². The number of anilines is 2. The minimum atomic E-state index is -0.556. The minimum Gasteiger partial charge on any atom is -0.506 e. The summed E-state index contributed by atoms with van der Waals surface area (Å²) in [6, 6.07) is 13.4. The summed E-state index contributed by atoms with van der Waals surface area (Å²) in [6.07, 6.45) is 1.93. The van der Waals surface area contributed by atoms with Crippen LogP contribution in [0.2, 0.25) is 0 Å². The Morgan fingerprint density at radius 2 is 2.00 bits per heavy atom. The van der Waals surface area contributed by atoms with Crippen LogP contribution < -0.4 is 5.32 Å². The van der Waals surface area contributed by atoms with Gasteiger partial charge in [-0.1, -0.05) is 30.3 Å². The Morgan fingerprint density at radius 1 is 1.22 bits per heavy atom. The summed E-state index contributed by atoms with van der Waals surface area (Å²) in [5, 5.41) is 24.7. The highest BCUT2D eigenvalue weighted by Gasteiger charge is 2.21. The van der Waals surface area contributed by atoms with Gasteiger partial charge in [0.25, 0.3) is 5.69 Å². The molecule has 4 aromatic rings. The third-order valence-corrected chi connectivity index (χ3v) is 6.00. The highest BCUT2D eigenvalue weighted by molar-refractivity contribution is 7.20. The third kappa shape index (κ3) is 4.35. The van der Waals surface area contributed by atoms with Gasteiger partial charge in [-0.15, -0.1) is 11.3 Å². The van der Waals surface area contributed by atoms with Crippen molar-refractivity contribution in [2.45, 2.75) is 13.3 Å². The number of carbonyl (C=O) groups is 1. The first kappa shape index (κ1) is 21.2. The van der Waals surface area contributed by atoms with Gasteiger partial charge in [0.05, 0.1) is 22.6 Å². The van der Waals surface area contributed by atoms with E-state index < -0.39 is 10.9 Å². The number of nitro groups is 1. The number of non-ortho nitro benzene ring substituents is 1. The summed E-state index contributed by atoms with van der Waals surface area (Å²) >= 11 is 1.18. The molecule has 2 aromatic carbocycles. The van der Waals surface area contributed by atoms with Crippen LogP contribution in [0.3, 0.4) is 0 Å². The standard InChI is InChI=1S/C22H18N4O5S/c1-13-18-20(25-16-11-15(26(29)30)7-8-17(16)27)23-12-24-21(18)32-19(13)22(28)31-10-9-14-5-3-2-4-6-14/h2-8,11-12,27H,9-10H2,1H3,(H,23,24,25). The lowest BCUT2D eigenvalue weighted by atomic mass is 10.2. The number of benzene rings is 2. The normalized spacial score (nSPS) is 10.8. The summed E-state index contributed by atoms with van der Waals surface area (Å²) < 4.78 is 5.45. The Kier molecular flexibility index (Phi) is 5.95. The molecule has 162 valence electrons. The van der Waals surface area contributed by atoms with Gasteiger partial charge in [-0.25, -0.2) is 14.8 Å². The van der Waals surface area contributed by atoms with Crippen molar-refractivity contribution in [2.75, 3.05) is 11.9 Å². The van der Waals surface area contributed by atoms with Crippen LogP contribution in [0.1, 0.15) is 20.8 Å². The van der Waals surface area contributed by atoms with Crippen molar-refractivity contribution in [3.8, 4) is 5.75 Å². The predicted octanol–water partition coefficient (Wildman–Crippen LogP) is 4.76. The van der Waals surface area contributed by atoms with Crippen molar-refractivity contribution < 1.29 is 19.6 Å². The van der Waals surface area contributed by atoms with Gasteiger partial charge >= 0.3 is 5.97 Å². The number of ether oxygens (including phenoxy) is 1. The molecule has 0 amide bonds. The van der Waals surface area contributed by atoms with Crippen LogP contribution in [0.4, 0.5) is 17.2 Å². The summed E-state index contributed by atoms with van der Waals surface area (Å²) in [7, 11) is 0. The van der Waals surface area contributed by atoms with Crippen molar-refractivity contribution in [3.05, 3.63) is 81.0 Å². The molecular weight excluding hydrogens is 432 g/mol. The Labute approximate surface area is 186 Å². The predicted molar refractivity (Wildman–Crippen MR) is 121 cm³/mol. The van der Waals surface area contributed by atoms with Crippen LogP contribution >= 0.6 is 11.3 Å². The average molecular weight is 450 g/mol. The summed E-state index contributed by atoms with van der Waals surface area (Å²) in [4.78, 5) is 32.6. The fraction of sp³-hybridized carbons (Fsp3) is 0.136. The second-order valence-corrected chi connectivity index (χ2v) is 7.91. The lowest BCUT2D eigenvalue weighted by molar-refractivity contribution is -0.384. The molecule has 0 fully saturated rings. The molecule has 0 saturated heterocycles. The van der Waals surface area contributed by atoms with E-state index in [2.05, 4.69) is 15.3 Å². The summed E-state index contributed by atoms with van der Waals surface area (Å²) in [5.74, 6) is -0.302. The molecule has 0 aliphatic carbocycles. The van der Waals surface area contributed by atoms with Crippen LogP contribution in [0, 0.1) is 17.0 Å². The zero-order chi connectivity index (χ0) is 22.7. The van der Waals surface area contributed by atoms with Gasteiger partial charge in [0, 0.05) is 18.6 Å². The molecule has 0 spiro atoms. The van der Waals surface area contributed by atoms with Gasteiger partial charge in [-0.2, -0.15) is 0 Å². The minimum absolute atomic E-state index is 0.122. The van der Waals surface area contributed by atoms with Crippen molar-refractivity contribution in [2.24, 2.45) is 0 Å². The fourth-order valence-corrected chi connectivity index (χ4v) is 4.24. The molecule has 0 saturated carbocycles. The Hall–Kier alpha value is -4.05. The monoisotopic (exact) mass is 450 g/mol. The molecule has 2 N–H and O–H groups in total. The number of nitrogens with one attached hydrogen (secondary N) is 1. The highest BCUT2D eigenvalue weighted by Crippen LogP contribution is 2.37. The van der Waals surface area contributed by atoms with Crippen molar-refractivity contribution in [1.82, 2.24) is 9.97 Å². The Bertz CT molecular complexity index is 1310. The van der Waals surface area contributed by atoms with Crippen LogP contribution in [-0.2, 0) is 11.2 Å². The number of fused-ring (bicyclic) bond motifs is 1. The average Bonchev–Trinajstić information content (AvgIpc) is 3.13. The molecule has 0 aliphatic heterocycles. The van der Waals surface area contributed by atoms with Gasteiger partial charge in [0.2, 0.25) is 0 Å². The van der Waals surface area contributed by atoms with E-state index in [1.54, 1.807) is 6.92 Å². The second kappa shape index (κ2) is 8.98. The molecule has 0 atom stereocenters. The van der Waals surface area contributed by atoms with Gasteiger partial charge in [-0.3, -0.25) is 10.1 Å². The van der Waals surface area contributed by atoms with Crippen LogP contribution in [0.5, 0.6) is 5.75 Å². The first-order valence-electron chi connectivity index (χ1n) is 9.63. The van der Waals surface area contributed by atoms with E-state index in [0.717, 1.165) is 5.56 Å². The molecule has 2 heterocycles. The maximum atomic E-state index is 12.7. The molecule has 0 aliphatic rings. The van der Waals surface area contributed by atoms with Gasteiger partial charge in [0.15, 0.2) is 0 Å². The van der Waals surface area contributed by atoms with Gasteiger partial charge in [0.1, 0.15) is 27.6 Å². The molecule has 2 aromatic heterocycles. The maximum absolute atomic E-state index is 12.7. The van der Waals surface area contributed by atoms with E-state index >= 15 is 0 Å². The number of hydrogen-bond acceptors (Lipinski definition) is 9. The number of esters is 1. The number of phenolic OH excluding ortho intramolecular Hbond substituents is 1. The Balaban J connectivity index is 1.58. The number of nitrogens with zero attached hydrogens (tertiary/aromatic N) is 3. The van der Waals surface area contributed by atoms with Crippen molar-refractivity contribution >= 4 is 44.7 Å². The summed E-state index contributed by atoms with van der Waals surface area (Å²) in [6.45, 7) is 2.00.